The van der Waals surface area contributed by atoms with E-state index in [2.05, 4.69) is 11.1 Å². The van der Waals surface area contributed by atoms with Crippen LogP contribution in [0.4, 0.5) is 4.79 Å². The normalized spacial score (nSPS) is 22.4. The Bertz CT molecular complexity index is 530. The van der Waals surface area contributed by atoms with Crippen molar-refractivity contribution in [2.24, 2.45) is 0 Å². The summed E-state index contributed by atoms with van der Waals surface area (Å²) in [7, 11) is 0. The maximum atomic E-state index is 12.1. The molecule has 0 radical (unpaired) electrons. The molecule has 0 N–H and O–H groups in total. The molecule has 2 rings (SSSR count). The Morgan fingerprint density at radius 1 is 1.45 bits per heavy atom. The minimum atomic E-state index is -0.653. The van der Waals surface area contributed by atoms with Crippen LogP contribution in [0.1, 0.15) is 32.8 Å². The van der Waals surface area contributed by atoms with Gasteiger partial charge in [0.1, 0.15) is 11.0 Å². The Morgan fingerprint density at radius 2 is 2.10 bits per heavy atom. The van der Waals surface area contributed by atoms with E-state index in [1.54, 1.807) is 17.3 Å². The van der Waals surface area contributed by atoms with Gasteiger partial charge in [0.25, 0.3) is 0 Å². The Hall–Kier alpha value is -2.09. The number of pyridine rings is 1. The third-order valence-electron chi connectivity index (χ3n) is 3.37. The van der Waals surface area contributed by atoms with Gasteiger partial charge in [-0.2, -0.15) is 5.26 Å². The van der Waals surface area contributed by atoms with E-state index >= 15 is 0 Å². The monoisotopic (exact) mass is 273 g/mol. The van der Waals surface area contributed by atoms with E-state index in [1.807, 2.05) is 32.9 Å². The van der Waals surface area contributed by atoms with E-state index in [0.29, 0.717) is 19.5 Å². The lowest BCUT2D eigenvalue weighted by Gasteiger charge is -2.26. The maximum Gasteiger partial charge on any atom is 0.410 e. The number of hydrogen-bond donors (Lipinski definition) is 0. The van der Waals surface area contributed by atoms with Gasteiger partial charge >= 0.3 is 6.09 Å². The van der Waals surface area contributed by atoms with Crippen LogP contribution in [0.15, 0.2) is 24.5 Å². The van der Waals surface area contributed by atoms with Crippen molar-refractivity contribution >= 4 is 6.09 Å². The van der Waals surface area contributed by atoms with Gasteiger partial charge in [0.2, 0.25) is 0 Å². The van der Waals surface area contributed by atoms with E-state index in [4.69, 9.17) is 4.74 Å². The molecule has 1 saturated heterocycles. The number of rotatable bonds is 1. The molecule has 1 aliphatic rings. The Morgan fingerprint density at radius 3 is 2.65 bits per heavy atom. The summed E-state index contributed by atoms with van der Waals surface area (Å²) in [6.45, 7) is 6.40. The first-order valence-corrected chi connectivity index (χ1v) is 6.66. The number of carbonyl (C=O) groups excluding carboxylic acids is 1. The summed E-state index contributed by atoms with van der Waals surface area (Å²) in [4.78, 5) is 17.7. The van der Waals surface area contributed by atoms with Crippen molar-refractivity contribution in [3.8, 4) is 6.07 Å². The second-order valence-corrected chi connectivity index (χ2v) is 6.08. The predicted octanol–water partition coefficient (Wildman–Crippen LogP) is 2.48. The third kappa shape index (κ3) is 2.90. The molecule has 2 heterocycles. The van der Waals surface area contributed by atoms with Gasteiger partial charge in [-0.3, -0.25) is 4.98 Å². The van der Waals surface area contributed by atoms with Crippen molar-refractivity contribution in [3.63, 3.8) is 0 Å². The SMILES string of the molecule is CC(C)(C)OC(=O)N1CCC(C#N)(c2ccncc2)C1. The Labute approximate surface area is 119 Å². The van der Waals surface area contributed by atoms with E-state index in [9.17, 15) is 10.1 Å². The number of nitriles is 1. The van der Waals surface area contributed by atoms with Gasteiger partial charge in [0, 0.05) is 25.5 Å². The summed E-state index contributed by atoms with van der Waals surface area (Å²) >= 11 is 0. The van der Waals surface area contributed by atoms with Crippen LogP contribution in [-0.2, 0) is 10.2 Å². The van der Waals surface area contributed by atoms with E-state index in [0.717, 1.165) is 5.56 Å². The number of amides is 1. The van der Waals surface area contributed by atoms with Gasteiger partial charge < -0.3 is 9.64 Å². The molecule has 0 bridgehead atoms. The van der Waals surface area contributed by atoms with Crippen molar-refractivity contribution in [3.05, 3.63) is 30.1 Å². The van der Waals surface area contributed by atoms with E-state index in [-0.39, 0.29) is 6.09 Å². The molecule has 5 nitrogen and oxygen atoms in total. The van der Waals surface area contributed by atoms with Crippen LogP contribution in [0.5, 0.6) is 0 Å². The largest absolute Gasteiger partial charge is 0.444 e. The summed E-state index contributed by atoms with van der Waals surface area (Å²) in [6, 6.07) is 6.03. The van der Waals surface area contributed by atoms with Gasteiger partial charge in [-0.15, -0.1) is 0 Å². The minimum Gasteiger partial charge on any atom is -0.444 e. The summed E-state index contributed by atoms with van der Waals surface area (Å²) in [5.41, 5.74) is -0.271. The second kappa shape index (κ2) is 5.12. The van der Waals surface area contributed by atoms with E-state index in [1.165, 1.54) is 0 Å². The molecule has 20 heavy (non-hydrogen) atoms. The topological polar surface area (TPSA) is 66.2 Å². The van der Waals surface area contributed by atoms with Gasteiger partial charge in [-0.1, -0.05) is 0 Å². The molecule has 1 aliphatic heterocycles. The van der Waals surface area contributed by atoms with E-state index < -0.39 is 11.0 Å². The molecule has 0 aliphatic carbocycles. The molecule has 106 valence electrons. The highest BCUT2D eigenvalue weighted by Gasteiger charge is 2.42. The average Bonchev–Trinajstić information content (AvgIpc) is 2.84. The molecule has 0 spiro atoms. The highest BCUT2D eigenvalue weighted by Crippen LogP contribution is 2.34. The lowest BCUT2D eigenvalue weighted by Crippen LogP contribution is -2.37. The van der Waals surface area contributed by atoms with Crippen LogP contribution >= 0.6 is 0 Å². The van der Waals surface area contributed by atoms with Crippen LogP contribution in [-0.4, -0.2) is 34.7 Å². The van der Waals surface area contributed by atoms with Crippen molar-refractivity contribution in [1.29, 1.82) is 5.26 Å². The Balaban J connectivity index is 2.15. The summed E-state index contributed by atoms with van der Waals surface area (Å²) in [5.74, 6) is 0. The molecule has 1 amide bonds. The smallest absolute Gasteiger partial charge is 0.410 e. The molecule has 0 saturated carbocycles. The maximum absolute atomic E-state index is 12.1. The third-order valence-corrected chi connectivity index (χ3v) is 3.37. The number of likely N-dealkylation sites (tertiary alicyclic amines) is 1. The molecular formula is C15H19N3O2. The highest BCUT2D eigenvalue weighted by atomic mass is 16.6. The van der Waals surface area contributed by atoms with Crippen LogP contribution in [0.3, 0.4) is 0 Å². The molecule has 1 unspecified atom stereocenters. The van der Waals surface area contributed by atoms with Crippen molar-refractivity contribution < 1.29 is 9.53 Å². The number of ether oxygens (including phenoxy) is 1. The van der Waals surface area contributed by atoms with Gasteiger partial charge in [0.15, 0.2) is 0 Å². The predicted molar refractivity (Wildman–Crippen MR) is 74.0 cm³/mol. The lowest BCUT2D eigenvalue weighted by molar-refractivity contribution is 0.0288. The zero-order chi connectivity index (χ0) is 14.8. The molecule has 1 fully saturated rings. The number of hydrogen-bond acceptors (Lipinski definition) is 4. The van der Waals surface area contributed by atoms with Crippen LogP contribution < -0.4 is 0 Å². The minimum absolute atomic E-state index is 0.358. The van der Waals surface area contributed by atoms with Crippen LogP contribution in [0.25, 0.3) is 0 Å². The first kappa shape index (κ1) is 14.3. The summed E-state index contributed by atoms with van der Waals surface area (Å²) in [5, 5.41) is 9.55. The second-order valence-electron chi connectivity index (χ2n) is 6.08. The number of carbonyl (C=O) groups is 1. The Kier molecular flexibility index (Phi) is 3.67. The zero-order valence-electron chi connectivity index (χ0n) is 12.1. The molecule has 5 heteroatoms. The zero-order valence-corrected chi connectivity index (χ0v) is 12.1. The van der Waals surface area contributed by atoms with Crippen molar-refractivity contribution in [2.45, 2.75) is 38.2 Å². The van der Waals surface area contributed by atoms with Crippen molar-refractivity contribution in [1.82, 2.24) is 9.88 Å². The molecule has 0 aromatic carbocycles. The first-order chi connectivity index (χ1) is 9.36. The quantitative estimate of drug-likeness (QED) is 0.788. The average molecular weight is 273 g/mol. The highest BCUT2D eigenvalue weighted by molar-refractivity contribution is 5.69. The van der Waals surface area contributed by atoms with Crippen LogP contribution in [0, 0.1) is 11.3 Å². The summed E-state index contributed by atoms with van der Waals surface area (Å²) < 4.78 is 5.36. The first-order valence-electron chi connectivity index (χ1n) is 6.66. The fraction of sp³-hybridized carbons (Fsp3) is 0.533. The molecule has 1 aromatic rings. The molecular weight excluding hydrogens is 254 g/mol. The van der Waals surface area contributed by atoms with Gasteiger partial charge in [0.05, 0.1) is 6.07 Å². The molecule has 1 atom stereocenters. The van der Waals surface area contributed by atoms with Gasteiger partial charge in [-0.05, 0) is 44.9 Å². The number of aromatic nitrogens is 1. The molecule has 1 aromatic heterocycles. The van der Waals surface area contributed by atoms with Gasteiger partial charge in [-0.25, -0.2) is 4.79 Å². The lowest BCUT2D eigenvalue weighted by atomic mass is 9.82. The van der Waals surface area contributed by atoms with Crippen molar-refractivity contribution in [2.75, 3.05) is 13.1 Å². The fourth-order valence-electron chi connectivity index (χ4n) is 2.35. The fourth-order valence-corrected chi connectivity index (χ4v) is 2.35. The standard InChI is InChI=1S/C15H19N3O2/c1-14(2,3)20-13(19)18-9-6-15(10-16,11-18)12-4-7-17-8-5-12/h4-5,7-8H,6,9,11H2,1-3H3. The van der Waals surface area contributed by atoms with Crippen LogP contribution in [0.2, 0.25) is 0 Å². The number of nitrogens with zero attached hydrogens (tertiary/aromatic N) is 3. The summed E-state index contributed by atoms with van der Waals surface area (Å²) in [6.07, 6.45) is 3.60.